The molecule has 2 atom stereocenters. The molecule has 106 valence electrons. The van der Waals surface area contributed by atoms with E-state index in [-0.39, 0.29) is 12.0 Å². The van der Waals surface area contributed by atoms with Gasteiger partial charge in [-0.25, -0.2) is 0 Å². The summed E-state index contributed by atoms with van der Waals surface area (Å²) < 4.78 is 0. The van der Waals surface area contributed by atoms with E-state index >= 15 is 0 Å². The first kappa shape index (κ1) is 15.0. The zero-order valence-corrected chi connectivity index (χ0v) is 13.0. The van der Waals surface area contributed by atoms with E-state index in [0.29, 0.717) is 0 Å². The summed E-state index contributed by atoms with van der Waals surface area (Å²) >= 11 is 6.49. The molecule has 2 aromatic rings. The van der Waals surface area contributed by atoms with Gasteiger partial charge in [-0.2, -0.15) is 0 Å². The van der Waals surface area contributed by atoms with Gasteiger partial charge in [0.1, 0.15) is 0 Å². The zero-order valence-electron chi connectivity index (χ0n) is 12.2. The first-order valence-electron chi connectivity index (χ1n) is 7.04. The maximum Gasteiger partial charge on any atom is 0.0483 e. The van der Waals surface area contributed by atoms with E-state index in [1.165, 1.54) is 0 Å². The quantitative estimate of drug-likeness (QED) is 0.876. The van der Waals surface area contributed by atoms with Crippen LogP contribution in [0.1, 0.15) is 42.6 Å². The summed E-state index contributed by atoms with van der Waals surface area (Å²) in [5, 5.41) is 4.39. The highest BCUT2D eigenvalue weighted by Gasteiger charge is 2.23. The minimum Gasteiger partial charge on any atom is -0.310 e. The van der Waals surface area contributed by atoms with Gasteiger partial charge in [0.25, 0.3) is 0 Å². The van der Waals surface area contributed by atoms with Crippen LogP contribution in [-0.2, 0) is 0 Å². The number of benzene rings is 1. The monoisotopic (exact) mass is 288 g/mol. The Kier molecular flexibility index (Phi) is 5.16. The molecule has 2 rings (SSSR count). The summed E-state index contributed by atoms with van der Waals surface area (Å²) in [4.78, 5) is 4.48. The molecule has 2 nitrogen and oxygen atoms in total. The summed E-state index contributed by atoms with van der Waals surface area (Å²) in [5.74, 6) is 0.260. The van der Waals surface area contributed by atoms with Crippen LogP contribution in [0.25, 0.3) is 0 Å². The van der Waals surface area contributed by atoms with Crippen LogP contribution in [0.3, 0.4) is 0 Å². The lowest BCUT2D eigenvalue weighted by atomic mass is 9.90. The van der Waals surface area contributed by atoms with E-state index in [9.17, 15) is 0 Å². The minimum atomic E-state index is 0.169. The average molecular weight is 289 g/mol. The van der Waals surface area contributed by atoms with Gasteiger partial charge < -0.3 is 5.32 Å². The maximum absolute atomic E-state index is 6.49. The lowest BCUT2D eigenvalue weighted by Gasteiger charge is -2.26. The second-order valence-electron chi connectivity index (χ2n) is 5.06. The molecule has 2 unspecified atom stereocenters. The number of hydrogen-bond acceptors (Lipinski definition) is 2. The van der Waals surface area contributed by atoms with Gasteiger partial charge in [0, 0.05) is 28.9 Å². The number of aryl methyl sites for hydroxylation is 1. The van der Waals surface area contributed by atoms with Crippen molar-refractivity contribution < 1.29 is 0 Å². The number of rotatable bonds is 5. The van der Waals surface area contributed by atoms with Crippen molar-refractivity contribution in [2.45, 2.75) is 32.7 Å². The van der Waals surface area contributed by atoms with Crippen LogP contribution in [0, 0.1) is 6.92 Å². The fraction of sp³-hybridized carbons (Fsp3) is 0.353. The van der Waals surface area contributed by atoms with E-state index in [1.54, 1.807) is 0 Å². The predicted molar refractivity (Wildman–Crippen MR) is 85.3 cm³/mol. The van der Waals surface area contributed by atoms with Crippen LogP contribution in [0.2, 0.25) is 5.02 Å². The highest BCUT2D eigenvalue weighted by molar-refractivity contribution is 6.32. The smallest absolute Gasteiger partial charge is 0.0483 e. The SMILES string of the molecule is CCNC(c1cccc(C)c1Cl)C(C)c1ccccn1. The van der Waals surface area contributed by atoms with E-state index in [1.807, 2.05) is 31.3 Å². The molecule has 20 heavy (non-hydrogen) atoms. The van der Waals surface area contributed by atoms with E-state index in [0.717, 1.165) is 28.4 Å². The summed E-state index contributed by atoms with van der Waals surface area (Å²) in [7, 11) is 0. The fourth-order valence-electron chi connectivity index (χ4n) is 2.50. The third kappa shape index (κ3) is 3.20. The molecule has 1 heterocycles. The average Bonchev–Trinajstić information content (AvgIpc) is 2.48. The van der Waals surface area contributed by atoms with Gasteiger partial charge >= 0.3 is 0 Å². The molecule has 3 heteroatoms. The Morgan fingerprint density at radius 3 is 2.65 bits per heavy atom. The van der Waals surface area contributed by atoms with Crippen LogP contribution in [0.4, 0.5) is 0 Å². The lowest BCUT2D eigenvalue weighted by Crippen LogP contribution is -2.26. The van der Waals surface area contributed by atoms with Gasteiger partial charge in [-0.15, -0.1) is 0 Å². The van der Waals surface area contributed by atoms with Crippen LogP contribution >= 0.6 is 11.6 Å². The molecule has 0 saturated carbocycles. The number of pyridine rings is 1. The van der Waals surface area contributed by atoms with Crippen LogP contribution in [0.5, 0.6) is 0 Å². The molecule has 0 aliphatic heterocycles. The van der Waals surface area contributed by atoms with Crippen molar-refractivity contribution in [1.29, 1.82) is 0 Å². The maximum atomic E-state index is 6.49. The van der Waals surface area contributed by atoms with Crippen molar-refractivity contribution in [3.8, 4) is 0 Å². The van der Waals surface area contributed by atoms with Crippen molar-refractivity contribution in [2.75, 3.05) is 6.54 Å². The topological polar surface area (TPSA) is 24.9 Å². The van der Waals surface area contributed by atoms with Crippen molar-refractivity contribution in [3.63, 3.8) is 0 Å². The Labute approximate surface area is 126 Å². The molecule has 1 N–H and O–H groups in total. The van der Waals surface area contributed by atoms with E-state index < -0.39 is 0 Å². The molecule has 0 fully saturated rings. The van der Waals surface area contributed by atoms with Gasteiger partial charge in [0.2, 0.25) is 0 Å². The van der Waals surface area contributed by atoms with Crippen LogP contribution in [0.15, 0.2) is 42.6 Å². The van der Waals surface area contributed by atoms with Crippen LogP contribution in [-0.4, -0.2) is 11.5 Å². The predicted octanol–water partition coefficient (Wildman–Crippen LogP) is 4.50. The highest BCUT2D eigenvalue weighted by atomic mass is 35.5. The van der Waals surface area contributed by atoms with Crippen molar-refractivity contribution in [1.82, 2.24) is 10.3 Å². The molecular formula is C17H21ClN2. The number of nitrogens with zero attached hydrogens (tertiary/aromatic N) is 1. The van der Waals surface area contributed by atoms with E-state index in [4.69, 9.17) is 11.6 Å². The first-order valence-corrected chi connectivity index (χ1v) is 7.42. The molecule has 0 radical (unpaired) electrons. The van der Waals surface area contributed by atoms with Gasteiger partial charge in [-0.3, -0.25) is 4.98 Å². The molecule has 1 aromatic carbocycles. The summed E-state index contributed by atoms with van der Waals surface area (Å²) in [6.45, 7) is 7.24. The second-order valence-corrected chi connectivity index (χ2v) is 5.43. The number of nitrogens with one attached hydrogen (secondary N) is 1. The molecule has 0 aliphatic carbocycles. The Balaban J connectivity index is 2.38. The summed E-state index contributed by atoms with van der Waals surface area (Å²) in [6.07, 6.45) is 1.84. The third-order valence-electron chi connectivity index (χ3n) is 3.64. The lowest BCUT2D eigenvalue weighted by molar-refractivity contribution is 0.472. The Morgan fingerprint density at radius 2 is 2.00 bits per heavy atom. The molecular weight excluding hydrogens is 268 g/mol. The number of likely N-dealkylation sites (N-methyl/N-ethyl adjacent to an activating group) is 1. The van der Waals surface area contributed by atoms with Gasteiger partial charge in [0.05, 0.1) is 0 Å². The van der Waals surface area contributed by atoms with Gasteiger partial charge in [-0.05, 0) is 36.7 Å². The molecule has 0 saturated heterocycles. The number of halogens is 1. The van der Waals surface area contributed by atoms with Gasteiger partial charge in [0.15, 0.2) is 0 Å². The Bertz CT molecular complexity index is 554. The minimum absolute atomic E-state index is 0.169. The number of hydrogen-bond donors (Lipinski definition) is 1. The van der Waals surface area contributed by atoms with Crippen molar-refractivity contribution >= 4 is 11.6 Å². The Hall–Kier alpha value is -1.38. The second kappa shape index (κ2) is 6.87. The molecule has 0 aliphatic rings. The van der Waals surface area contributed by atoms with E-state index in [2.05, 4.69) is 42.3 Å². The van der Waals surface area contributed by atoms with Crippen molar-refractivity contribution in [2.24, 2.45) is 0 Å². The third-order valence-corrected chi connectivity index (χ3v) is 4.15. The summed E-state index contributed by atoms with van der Waals surface area (Å²) in [6, 6.07) is 12.4. The van der Waals surface area contributed by atoms with Gasteiger partial charge in [-0.1, -0.05) is 49.7 Å². The fourth-order valence-corrected chi connectivity index (χ4v) is 2.75. The van der Waals surface area contributed by atoms with Crippen LogP contribution < -0.4 is 5.32 Å². The number of aromatic nitrogens is 1. The molecule has 0 amide bonds. The highest BCUT2D eigenvalue weighted by Crippen LogP contribution is 2.34. The zero-order chi connectivity index (χ0) is 14.5. The Morgan fingerprint density at radius 1 is 1.20 bits per heavy atom. The summed E-state index contributed by atoms with van der Waals surface area (Å²) in [5.41, 5.74) is 3.34. The first-order chi connectivity index (χ1) is 9.65. The van der Waals surface area contributed by atoms with Crippen molar-refractivity contribution in [3.05, 3.63) is 64.4 Å². The standard InChI is InChI=1S/C17H21ClN2/c1-4-19-17(13(3)15-10-5-6-11-20-15)14-9-7-8-12(2)16(14)18/h5-11,13,17,19H,4H2,1-3H3. The normalized spacial score (nSPS) is 14.0. The molecule has 0 bridgehead atoms. The largest absolute Gasteiger partial charge is 0.310 e. The molecule has 0 spiro atoms. The molecule has 1 aromatic heterocycles.